The molecule has 1 saturated heterocycles. The molecule has 0 aromatic heterocycles. The molecule has 0 bridgehead atoms. The predicted molar refractivity (Wildman–Crippen MR) is 37.7 cm³/mol. The first-order valence-electron chi connectivity index (χ1n) is 3.41. The Morgan fingerprint density at radius 1 is 1.00 bits per heavy atom. The zero-order chi connectivity index (χ0) is 9.30. The third kappa shape index (κ3) is 1.43. The highest BCUT2D eigenvalue weighted by molar-refractivity contribution is 5.04. The molecule has 4 N–H and O–H groups in total. The minimum absolute atomic E-state index is 1.08. The van der Waals surface area contributed by atoms with E-state index in [1.54, 1.807) is 0 Å². The molecule has 5 nitrogen and oxygen atoms in total. The van der Waals surface area contributed by atoms with Crippen LogP contribution in [0.5, 0.6) is 0 Å². The first kappa shape index (κ1) is 9.45. The van der Waals surface area contributed by atoms with Gasteiger partial charge < -0.3 is 25.2 Å². The standard InChI is InChI=1S/C7H10O5/c1-2-3-4(8)5(9)6(10)7(11)12-3/h1,3-11H/t3?,4?,5-,6?,7?/m1/s1. The summed E-state index contributed by atoms with van der Waals surface area (Å²) in [5, 5.41) is 36.1. The molecule has 1 heterocycles. The van der Waals surface area contributed by atoms with Crippen LogP contribution < -0.4 is 0 Å². The van der Waals surface area contributed by atoms with Gasteiger partial charge in [0.15, 0.2) is 6.29 Å². The Morgan fingerprint density at radius 3 is 2.08 bits per heavy atom. The van der Waals surface area contributed by atoms with Crippen LogP contribution in [-0.2, 0) is 4.74 Å². The smallest absolute Gasteiger partial charge is 0.185 e. The summed E-state index contributed by atoms with van der Waals surface area (Å²) >= 11 is 0. The summed E-state index contributed by atoms with van der Waals surface area (Å²) in [6.45, 7) is 0. The molecule has 0 aliphatic carbocycles. The van der Waals surface area contributed by atoms with Crippen LogP contribution in [0.25, 0.3) is 0 Å². The molecule has 4 unspecified atom stereocenters. The fourth-order valence-electron chi connectivity index (χ4n) is 0.999. The van der Waals surface area contributed by atoms with E-state index in [1.807, 2.05) is 5.92 Å². The van der Waals surface area contributed by atoms with Gasteiger partial charge in [-0.1, -0.05) is 5.92 Å². The lowest BCUT2D eigenvalue weighted by Crippen LogP contribution is -2.56. The summed E-state index contributed by atoms with van der Waals surface area (Å²) in [7, 11) is 0. The molecule has 1 aliphatic rings. The Labute approximate surface area is 69.2 Å². The largest absolute Gasteiger partial charge is 0.387 e. The van der Waals surface area contributed by atoms with E-state index in [1.165, 1.54) is 0 Å². The number of aliphatic hydroxyl groups excluding tert-OH is 4. The zero-order valence-electron chi connectivity index (χ0n) is 6.16. The van der Waals surface area contributed by atoms with Gasteiger partial charge in [-0.15, -0.1) is 6.42 Å². The third-order valence-corrected chi connectivity index (χ3v) is 1.75. The highest BCUT2D eigenvalue weighted by Crippen LogP contribution is 2.18. The van der Waals surface area contributed by atoms with Crippen LogP contribution in [0.3, 0.4) is 0 Å². The van der Waals surface area contributed by atoms with Crippen LogP contribution in [0.15, 0.2) is 0 Å². The molecular weight excluding hydrogens is 164 g/mol. The summed E-state index contributed by atoms with van der Waals surface area (Å²) in [4.78, 5) is 0. The van der Waals surface area contributed by atoms with Crippen molar-refractivity contribution in [3.05, 3.63) is 0 Å². The summed E-state index contributed by atoms with van der Waals surface area (Å²) < 4.78 is 4.59. The highest BCUT2D eigenvalue weighted by Gasteiger charge is 2.42. The normalized spacial score (nSPS) is 48.4. The second-order valence-electron chi connectivity index (χ2n) is 2.59. The lowest BCUT2D eigenvalue weighted by atomic mass is 10.00. The molecule has 0 spiro atoms. The first-order chi connectivity index (χ1) is 5.57. The van der Waals surface area contributed by atoms with Crippen molar-refractivity contribution in [2.24, 2.45) is 0 Å². The maximum absolute atomic E-state index is 9.14. The van der Waals surface area contributed by atoms with Crippen LogP contribution in [0, 0.1) is 12.3 Å². The first-order valence-corrected chi connectivity index (χ1v) is 3.41. The minimum atomic E-state index is -1.55. The van der Waals surface area contributed by atoms with Crippen LogP contribution in [0.4, 0.5) is 0 Å². The van der Waals surface area contributed by atoms with Gasteiger partial charge in [0, 0.05) is 0 Å². The van der Waals surface area contributed by atoms with Crippen molar-refractivity contribution in [1.29, 1.82) is 0 Å². The van der Waals surface area contributed by atoms with E-state index in [9.17, 15) is 0 Å². The van der Waals surface area contributed by atoms with Crippen LogP contribution >= 0.6 is 0 Å². The van der Waals surface area contributed by atoms with Crippen molar-refractivity contribution in [1.82, 2.24) is 0 Å². The van der Waals surface area contributed by atoms with Gasteiger partial charge in [0.2, 0.25) is 0 Å². The predicted octanol–water partition coefficient (Wildman–Crippen LogP) is -2.58. The van der Waals surface area contributed by atoms with Crippen molar-refractivity contribution in [2.45, 2.75) is 30.7 Å². The van der Waals surface area contributed by atoms with E-state index in [-0.39, 0.29) is 0 Å². The van der Waals surface area contributed by atoms with Gasteiger partial charge in [-0.3, -0.25) is 0 Å². The molecule has 5 heteroatoms. The van der Waals surface area contributed by atoms with E-state index in [2.05, 4.69) is 4.74 Å². The van der Waals surface area contributed by atoms with E-state index >= 15 is 0 Å². The second kappa shape index (κ2) is 3.39. The Kier molecular flexibility index (Phi) is 2.67. The number of terminal acetylenes is 1. The number of aliphatic hydroxyl groups is 4. The Hall–Kier alpha value is -0.640. The van der Waals surface area contributed by atoms with Gasteiger partial charge in [0.1, 0.15) is 24.4 Å². The fraction of sp³-hybridized carbons (Fsp3) is 0.714. The zero-order valence-corrected chi connectivity index (χ0v) is 6.16. The summed E-state index contributed by atoms with van der Waals surface area (Å²) in [6.07, 6.45) is -2.08. The topological polar surface area (TPSA) is 90.2 Å². The molecular formula is C7H10O5. The molecule has 0 aromatic rings. The molecule has 12 heavy (non-hydrogen) atoms. The molecule has 0 saturated carbocycles. The van der Waals surface area contributed by atoms with E-state index in [0.717, 1.165) is 0 Å². The van der Waals surface area contributed by atoms with Crippen molar-refractivity contribution in [3.8, 4) is 12.3 Å². The summed E-state index contributed by atoms with van der Waals surface area (Å²) in [5.74, 6) is 2.03. The van der Waals surface area contributed by atoms with Gasteiger partial charge in [-0.2, -0.15) is 0 Å². The van der Waals surface area contributed by atoms with Crippen molar-refractivity contribution >= 4 is 0 Å². The molecule has 0 radical (unpaired) electrons. The number of hydrogen-bond acceptors (Lipinski definition) is 5. The minimum Gasteiger partial charge on any atom is -0.387 e. The average Bonchev–Trinajstić information content (AvgIpc) is 2.08. The van der Waals surface area contributed by atoms with Gasteiger partial charge in [-0.05, 0) is 0 Å². The van der Waals surface area contributed by atoms with E-state index in [4.69, 9.17) is 26.8 Å². The second-order valence-corrected chi connectivity index (χ2v) is 2.59. The average molecular weight is 174 g/mol. The van der Waals surface area contributed by atoms with Gasteiger partial charge in [0.25, 0.3) is 0 Å². The van der Waals surface area contributed by atoms with Crippen molar-refractivity contribution < 1.29 is 25.2 Å². The molecule has 1 aliphatic heterocycles. The van der Waals surface area contributed by atoms with E-state index in [0.29, 0.717) is 0 Å². The van der Waals surface area contributed by atoms with Gasteiger partial charge >= 0.3 is 0 Å². The lowest BCUT2D eigenvalue weighted by molar-refractivity contribution is -0.269. The van der Waals surface area contributed by atoms with Crippen molar-refractivity contribution in [2.75, 3.05) is 0 Å². The molecule has 0 aromatic carbocycles. The Balaban J connectivity index is 2.72. The molecule has 5 atom stereocenters. The van der Waals surface area contributed by atoms with Crippen LogP contribution in [0.1, 0.15) is 0 Å². The number of rotatable bonds is 0. The monoisotopic (exact) mass is 174 g/mol. The van der Waals surface area contributed by atoms with Crippen molar-refractivity contribution in [3.63, 3.8) is 0 Å². The molecule has 1 rings (SSSR count). The Morgan fingerprint density at radius 2 is 1.58 bits per heavy atom. The highest BCUT2D eigenvalue weighted by atomic mass is 16.6. The summed E-state index contributed by atoms with van der Waals surface area (Å²) in [6, 6.07) is 0. The quantitative estimate of drug-likeness (QED) is 0.303. The van der Waals surface area contributed by atoms with Crippen LogP contribution in [-0.4, -0.2) is 51.1 Å². The Bertz CT molecular complexity index is 198. The molecule has 1 fully saturated rings. The number of hydrogen-bond donors (Lipinski definition) is 4. The summed E-state index contributed by atoms with van der Waals surface area (Å²) in [5.41, 5.74) is 0. The van der Waals surface area contributed by atoms with E-state index < -0.39 is 30.7 Å². The number of ether oxygens (including phenoxy) is 1. The van der Waals surface area contributed by atoms with Crippen LogP contribution in [0.2, 0.25) is 0 Å². The lowest BCUT2D eigenvalue weighted by Gasteiger charge is -2.35. The van der Waals surface area contributed by atoms with Gasteiger partial charge in [0.05, 0.1) is 0 Å². The van der Waals surface area contributed by atoms with Gasteiger partial charge in [-0.25, -0.2) is 0 Å². The maximum Gasteiger partial charge on any atom is 0.185 e. The molecule has 68 valence electrons. The third-order valence-electron chi connectivity index (χ3n) is 1.75. The maximum atomic E-state index is 9.14. The molecule has 0 amide bonds. The fourth-order valence-corrected chi connectivity index (χ4v) is 0.999. The SMILES string of the molecule is C#CC1OC(O)C(O)[C@H](O)C1O.